The van der Waals surface area contributed by atoms with E-state index in [1.54, 1.807) is 35.2 Å². The first-order valence-electron chi connectivity index (χ1n) is 14.6. The summed E-state index contributed by atoms with van der Waals surface area (Å²) in [6.45, 7) is 1.61. The molecule has 3 aromatic rings. The lowest BCUT2D eigenvalue weighted by Crippen LogP contribution is -2.52. The van der Waals surface area contributed by atoms with Gasteiger partial charge in [-0.25, -0.2) is 13.8 Å². The Kier molecular flexibility index (Phi) is 8.42. The minimum absolute atomic E-state index is 0.110. The molecular weight excluding hydrogens is 586 g/mol. The van der Waals surface area contributed by atoms with E-state index in [1.165, 1.54) is 17.2 Å². The van der Waals surface area contributed by atoms with Crippen molar-refractivity contribution in [3.63, 3.8) is 0 Å². The lowest BCUT2D eigenvalue weighted by Gasteiger charge is -2.39. The monoisotopic (exact) mass is 616 g/mol. The van der Waals surface area contributed by atoms with Crippen LogP contribution in [0, 0.1) is 23.0 Å². The van der Waals surface area contributed by atoms with Crippen LogP contribution in [0.15, 0.2) is 48.7 Å². The quantitative estimate of drug-likeness (QED) is 0.366. The zero-order valence-electron chi connectivity index (χ0n) is 24.2. The number of imide groups is 1. The Labute approximate surface area is 257 Å². The molecule has 2 saturated heterocycles. The normalized spacial score (nSPS) is 19.2. The standard InChI is InChI=1S/C32H30F2N6O5/c33-24-13-20(27(17-41)38-8-10-39(11-9-38)30-25(34)12-19(14-35)15-36-30)4-5-21(24)18-45-28-3-1-2-22-23(28)16-40(32(22)44)26-6-7-29(42)37-31(26)43/h1-5,12-13,15,26-27,41H,6-11,16-18H2,(H,37,42,43)/t26-,27?/m0/s1. The molecule has 3 aliphatic heterocycles. The van der Waals surface area contributed by atoms with Gasteiger partial charge >= 0.3 is 0 Å². The van der Waals surface area contributed by atoms with Gasteiger partial charge in [-0.15, -0.1) is 0 Å². The van der Waals surface area contributed by atoms with Gasteiger partial charge in [0.05, 0.1) is 24.8 Å². The average Bonchev–Trinajstić information content (AvgIpc) is 3.37. The molecule has 4 heterocycles. The largest absolute Gasteiger partial charge is 0.488 e. The molecule has 3 aliphatic rings. The Hall–Kier alpha value is -4.93. The summed E-state index contributed by atoms with van der Waals surface area (Å²) in [6.07, 6.45) is 1.73. The lowest BCUT2D eigenvalue weighted by molar-refractivity contribution is -0.136. The van der Waals surface area contributed by atoms with Crippen LogP contribution in [-0.2, 0) is 22.7 Å². The number of hydrogen-bond acceptors (Lipinski definition) is 9. The molecule has 2 N–H and O–H groups in total. The number of fused-ring (bicyclic) bond motifs is 1. The van der Waals surface area contributed by atoms with Crippen molar-refractivity contribution in [3.8, 4) is 11.8 Å². The van der Waals surface area contributed by atoms with E-state index in [1.807, 2.05) is 11.0 Å². The fourth-order valence-corrected chi connectivity index (χ4v) is 6.14. The van der Waals surface area contributed by atoms with Crippen LogP contribution in [0.2, 0.25) is 0 Å². The van der Waals surface area contributed by atoms with Gasteiger partial charge in [0.2, 0.25) is 11.8 Å². The number of nitrogens with zero attached hydrogens (tertiary/aromatic N) is 5. The van der Waals surface area contributed by atoms with Crippen LogP contribution in [0.3, 0.4) is 0 Å². The highest BCUT2D eigenvalue weighted by atomic mass is 19.1. The van der Waals surface area contributed by atoms with Gasteiger partial charge in [-0.3, -0.25) is 24.6 Å². The Bertz CT molecular complexity index is 1700. The number of halogens is 2. The van der Waals surface area contributed by atoms with Gasteiger partial charge in [0, 0.05) is 55.5 Å². The molecule has 0 saturated carbocycles. The molecule has 0 aliphatic carbocycles. The predicted molar refractivity (Wildman–Crippen MR) is 156 cm³/mol. The van der Waals surface area contributed by atoms with Gasteiger partial charge in [-0.05, 0) is 36.2 Å². The van der Waals surface area contributed by atoms with Crippen LogP contribution in [0.25, 0.3) is 0 Å². The van der Waals surface area contributed by atoms with Gasteiger partial charge in [0.25, 0.3) is 5.91 Å². The molecular formula is C32H30F2N6O5. The molecule has 2 atom stereocenters. The van der Waals surface area contributed by atoms with Crippen molar-refractivity contribution < 1.29 is 33.0 Å². The van der Waals surface area contributed by atoms with Gasteiger partial charge in [-0.1, -0.05) is 18.2 Å². The van der Waals surface area contributed by atoms with Gasteiger partial charge in [0.1, 0.15) is 30.3 Å². The number of benzene rings is 2. The van der Waals surface area contributed by atoms with Crippen molar-refractivity contribution in [2.24, 2.45) is 0 Å². The van der Waals surface area contributed by atoms with Crippen LogP contribution in [-0.4, -0.2) is 76.4 Å². The van der Waals surface area contributed by atoms with Crippen molar-refractivity contribution in [1.82, 2.24) is 20.1 Å². The predicted octanol–water partition coefficient (Wildman–Crippen LogP) is 2.43. The molecule has 11 nitrogen and oxygen atoms in total. The Morgan fingerprint density at radius 1 is 1.09 bits per heavy atom. The summed E-state index contributed by atoms with van der Waals surface area (Å²) in [7, 11) is 0. The summed E-state index contributed by atoms with van der Waals surface area (Å²) in [4.78, 5) is 46.3. The van der Waals surface area contributed by atoms with E-state index in [4.69, 9.17) is 10.00 Å². The SMILES string of the molecule is N#Cc1cnc(N2CCN(C(CO)c3ccc(COc4cccc5c4CN([C@H]4CCC(=O)NC4=O)C5=O)c(F)c3)CC2)c(F)c1. The number of anilines is 1. The molecule has 45 heavy (non-hydrogen) atoms. The molecule has 2 fully saturated rings. The Morgan fingerprint density at radius 3 is 2.58 bits per heavy atom. The van der Waals surface area contributed by atoms with Crippen LogP contribution < -0.4 is 15.0 Å². The zero-order valence-corrected chi connectivity index (χ0v) is 24.2. The van der Waals surface area contributed by atoms with E-state index in [0.29, 0.717) is 48.6 Å². The number of carbonyl (C=O) groups excluding carboxylic acids is 3. The Morgan fingerprint density at radius 2 is 1.89 bits per heavy atom. The summed E-state index contributed by atoms with van der Waals surface area (Å²) in [6, 6.07) is 11.5. The molecule has 3 amide bonds. The number of rotatable bonds is 8. The fourth-order valence-electron chi connectivity index (χ4n) is 6.14. The number of ether oxygens (including phenoxy) is 1. The topological polar surface area (TPSA) is 139 Å². The number of piperidine rings is 1. The van der Waals surface area contributed by atoms with Gasteiger partial charge in [0.15, 0.2) is 11.6 Å². The smallest absolute Gasteiger partial charge is 0.255 e. The van der Waals surface area contributed by atoms with Crippen LogP contribution in [0.1, 0.15) is 51.5 Å². The van der Waals surface area contributed by atoms with E-state index in [2.05, 4.69) is 10.3 Å². The molecule has 13 heteroatoms. The van der Waals surface area contributed by atoms with Crippen molar-refractivity contribution in [1.29, 1.82) is 5.26 Å². The van der Waals surface area contributed by atoms with Crippen molar-refractivity contribution >= 4 is 23.5 Å². The molecule has 2 aromatic carbocycles. The summed E-state index contributed by atoms with van der Waals surface area (Å²) in [5.74, 6) is -1.70. The number of aromatic nitrogens is 1. The number of aliphatic hydroxyl groups excluding tert-OH is 1. The third kappa shape index (κ3) is 5.94. The van der Waals surface area contributed by atoms with Crippen LogP contribution in [0.4, 0.5) is 14.6 Å². The number of pyridine rings is 1. The number of nitriles is 1. The first-order valence-corrected chi connectivity index (χ1v) is 14.6. The van der Waals surface area contributed by atoms with E-state index in [9.17, 15) is 23.9 Å². The second kappa shape index (κ2) is 12.6. The molecule has 0 spiro atoms. The third-order valence-electron chi connectivity index (χ3n) is 8.56. The molecule has 1 unspecified atom stereocenters. The zero-order chi connectivity index (χ0) is 31.7. The summed E-state index contributed by atoms with van der Waals surface area (Å²) in [5, 5.41) is 21.4. The maximum atomic E-state index is 15.3. The van der Waals surface area contributed by atoms with E-state index >= 15 is 4.39 Å². The van der Waals surface area contributed by atoms with Crippen LogP contribution >= 0.6 is 0 Å². The number of amides is 3. The summed E-state index contributed by atoms with van der Waals surface area (Å²) < 4.78 is 35.8. The average molecular weight is 617 g/mol. The number of piperazine rings is 1. The van der Waals surface area contributed by atoms with Gasteiger partial charge in [-0.2, -0.15) is 5.26 Å². The molecule has 0 bridgehead atoms. The molecule has 232 valence electrons. The highest BCUT2D eigenvalue weighted by Gasteiger charge is 2.40. The number of nitrogens with one attached hydrogen (secondary N) is 1. The maximum absolute atomic E-state index is 15.3. The Balaban J connectivity index is 1.09. The van der Waals surface area contributed by atoms with E-state index < -0.39 is 29.6 Å². The van der Waals surface area contributed by atoms with E-state index in [0.717, 1.165) is 6.07 Å². The minimum atomic E-state index is -0.753. The highest BCUT2D eigenvalue weighted by molar-refractivity contribution is 6.05. The minimum Gasteiger partial charge on any atom is -0.488 e. The fraction of sp³-hybridized carbons (Fsp3) is 0.344. The van der Waals surface area contributed by atoms with Gasteiger partial charge < -0.3 is 19.6 Å². The third-order valence-corrected chi connectivity index (χ3v) is 8.56. The summed E-state index contributed by atoms with van der Waals surface area (Å²) >= 11 is 0. The highest BCUT2D eigenvalue weighted by Crippen LogP contribution is 2.34. The summed E-state index contributed by atoms with van der Waals surface area (Å²) in [5.41, 5.74) is 2.01. The first kappa shape index (κ1) is 30.1. The molecule has 1 aromatic heterocycles. The number of carbonyl (C=O) groups is 3. The number of hydrogen-bond donors (Lipinski definition) is 2. The first-order chi connectivity index (χ1) is 21.8. The second-order valence-electron chi connectivity index (χ2n) is 11.2. The lowest BCUT2D eigenvalue weighted by atomic mass is 10.0. The van der Waals surface area contributed by atoms with Crippen molar-refractivity contribution in [2.45, 2.75) is 38.1 Å². The van der Waals surface area contributed by atoms with Crippen molar-refractivity contribution in [3.05, 3.63) is 88.1 Å². The molecule has 0 radical (unpaired) electrons. The maximum Gasteiger partial charge on any atom is 0.255 e. The van der Waals surface area contributed by atoms with Crippen molar-refractivity contribution in [2.75, 3.05) is 37.7 Å². The van der Waals surface area contributed by atoms with Crippen LogP contribution in [0.5, 0.6) is 5.75 Å². The second-order valence-corrected chi connectivity index (χ2v) is 11.2. The molecule has 6 rings (SSSR count). The number of aliphatic hydroxyl groups is 1. The van der Waals surface area contributed by atoms with E-state index in [-0.39, 0.29) is 61.4 Å².